The smallest absolute Gasteiger partial charge is 0.278 e. The van der Waals surface area contributed by atoms with Gasteiger partial charge in [0.2, 0.25) is 0 Å². The molecule has 0 spiro atoms. The number of hydrogen-bond acceptors (Lipinski definition) is 3. The molecule has 1 amide bonds. The molecule has 0 bridgehead atoms. The van der Waals surface area contributed by atoms with Crippen molar-refractivity contribution >= 4 is 36.5 Å². The molecular weight excluding hydrogens is 420 g/mol. The second-order valence-electron chi connectivity index (χ2n) is 7.93. The molecule has 0 aromatic heterocycles. The molecule has 0 aliphatic carbocycles. The Kier molecular flexibility index (Phi) is 7.25. The van der Waals surface area contributed by atoms with Crippen molar-refractivity contribution in [3.63, 3.8) is 0 Å². The van der Waals surface area contributed by atoms with Gasteiger partial charge in [-0.25, -0.2) is 0 Å². The maximum atomic E-state index is 13.3. The summed E-state index contributed by atoms with van der Waals surface area (Å²) in [4.78, 5) is 13.3. The van der Waals surface area contributed by atoms with Crippen molar-refractivity contribution in [2.75, 3.05) is 52.6 Å². The van der Waals surface area contributed by atoms with Crippen molar-refractivity contribution in [2.24, 2.45) is 4.74 Å². The molecular formula is C19H28Cl2N3O3P. The zero-order valence-corrected chi connectivity index (χ0v) is 19.1. The van der Waals surface area contributed by atoms with Crippen LogP contribution in [0.1, 0.15) is 31.1 Å². The monoisotopic (exact) mass is 447 g/mol. The van der Waals surface area contributed by atoms with Crippen molar-refractivity contribution in [3.05, 3.63) is 33.8 Å². The first-order valence-corrected chi connectivity index (χ1v) is 11.9. The van der Waals surface area contributed by atoms with E-state index in [0.29, 0.717) is 42.0 Å². The first kappa shape index (κ1) is 22.2. The number of carbonyl (C=O) groups is 1. The second-order valence-corrected chi connectivity index (χ2v) is 12.6. The van der Waals surface area contributed by atoms with Crippen LogP contribution >= 0.6 is 30.6 Å². The van der Waals surface area contributed by atoms with Crippen LogP contribution in [0.15, 0.2) is 22.9 Å². The van der Waals surface area contributed by atoms with Gasteiger partial charge >= 0.3 is 0 Å². The van der Waals surface area contributed by atoms with Gasteiger partial charge in [0.05, 0.1) is 26.4 Å². The molecule has 1 aromatic rings. The molecule has 0 N–H and O–H groups in total. The molecule has 6 nitrogen and oxygen atoms in total. The van der Waals surface area contributed by atoms with E-state index < -0.39 is 7.36 Å². The molecule has 2 aliphatic heterocycles. The van der Waals surface area contributed by atoms with E-state index in [1.54, 1.807) is 18.2 Å². The van der Waals surface area contributed by atoms with E-state index in [2.05, 4.69) is 30.1 Å². The van der Waals surface area contributed by atoms with Gasteiger partial charge in [-0.3, -0.25) is 14.1 Å². The van der Waals surface area contributed by atoms with Crippen LogP contribution in [0.3, 0.4) is 0 Å². The predicted molar refractivity (Wildman–Crippen MR) is 115 cm³/mol. The van der Waals surface area contributed by atoms with Crippen molar-refractivity contribution in [3.8, 4) is 0 Å². The molecule has 2 heterocycles. The predicted octanol–water partition coefficient (Wildman–Crippen LogP) is 4.63. The van der Waals surface area contributed by atoms with Crippen molar-refractivity contribution in [2.45, 2.75) is 25.9 Å². The summed E-state index contributed by atoms with van der Waals surface area (Å²) < 4.78 is 20.9. The maximum absolute atomic E-state index is 13.3. The Morgan fingerprint density at radius 3 is 1.75 bits per heavy atom. The Morgan fingerprint density at radius 2 is 1.36 bits per heavy atom. The fourth-order valence-electron chi connectivity index (χ4n) is 3.83. The summed E-state index contributed by atoms with van der Waals surface area (Å²) in [6.45, 7) is 12.2. The van der Waals surface area contributed by atoms with E-state index in [4.69, 9.17) is 37.4 Å². The van der Waals surface area contributed by atoms with E-state index in [9.17, 15) is 4.79 Å². The third-order valence-electron chi connectivity index (χ3n) is 5.00. The highest BCUT2D eigenvalue weighted by molar-refractivity contribution is 7.63. The third kappa shape index (κ3) is 4.65. The minimum absolute atomic E-state index is 0.223. The maximum Gasteiger partial charge on any atom is 0.278 e. The van der Waals surface area contributed by atoms with Crippen LogP contribution in [0, 0.1) is 0 Å². The molecule has 0 saturated carbocycles. The summed E-state index contributed by atoms with van der Waals surface area (Å²) in [5, 5.41) is 0.645. The lowest BCUT2D eigenvalue weighted by atomic mass is 10.2. The SMILES string of the molecule is CC(C)(C)P(=NC(=O)c1cc(Cl)cc(Cl)c1)(N1CCOCC1)N1CCOCC1. The van der Waals surface area contributed by atoms with Crippen LogP contribution < -0.4 is 0 Å². The molecule has 2 saturated heterocycles. The topological polar surface area (TPSA) is 54.4 Å². The normalized spacial score (nSPS) is 20.2. The summed E-state index contributed by atoms with van der Waals surface area (Å²) in [5.74, 6) is -0.273. The minimum atomic E-state index is -2.39. The van der Waals surface area contributed by atoms with Gasteiger partial charge < -0.3 is 9.47 Å². The summed E-state index contributed by atoms with van der Waals surface area (Å²) >= 11 is 12.3. The second kappa shape index (κ2) is 9.13. The molecule has 28 heavy (non-hydrogen) atoms. The lowest BCUT2D eigenvalue weighted by Crippen LogP contribution is -2.48. The zero-order valence-electron chi connectivity index (χ0n) is 16.7. The highest BCUT2D eigenvalue weighted by atomic mass is 35.5. The Labute approximate surface area is 177 Å². The number of benzene rings is 1. The van der Waals surface area contributed by atoms with E-state index in [-0.39, 0.29) is 11.1 Å². The van der Waals surface area contributed by atoms with Gasteiger partial charge in [-0.2, -0.15) is 4.74 Å². The van der Waals surface area contributed by atoms with Crippen LogP contribution in [0.5, 0.6) is 0 Å². The van der Waals surface area contributed by atoms with Gasteiger partial charge in [0.15, 0.2) is 0 Å². The number of ether oxygens (including phenoxy) is 2. The molecule has 1 aromatic carbocycles. The van der Waals surface area contributed by atoms with Crippen molar-refractivity contribution < 1.29 is 14.3 Å². The lowest BCUT2D eigenvalue weighted by Gasteiger charge is -2.52. The van der Waals surface area contributed by atoms with Crippen LogP contribution in [-0.2, 0) is 9.47 Å². The molecule has 0 radical (unpaired) electrons. The number of nitrogens with zero attached hydrogens (tertiary/aromatic N) is 3. The number of amides is 1. The largest absolute Gasteiger partial charge is 0.379 e. The van der Waals surface area contributed by atoms with Gasteiger partial charge in [0.25, 0.3) is 5.91 Å². The van der Waals surface area contributed by atoms with Crippen LogP contribution in [0.25, 0.3) is 0 Å². The number of hydrogen-bond donors (Lipinski definition) is 0. The first-order valence-electron chi connectivity index (χ1n) is 9.53. The molecule has 0 unspecified atom stereocenters. The van der Waals surface area contributed by atoms with Crippen molar-refractivity contribution in [1.29, 1.82) is 0 Å². The van der Waals surface area contributed by atoms with E-state index >= 15 is 0 Å². The van der Waals surface area contributed by atoms with Gasteiger partial charge in [-0.15, -0.1) is 0 Å². The van der Waals surface area contributed by atoms with Gasteiger partial charge in [0, 0.05) is 46.9 Å². The minimum Gasteiger partial charge on any atom is -0.379 e. The Hall–Kier alpha value is -0.460. The average molecular weight is 448 g/mol. The number of carbonyl (C=O) groups excluding carboxylic acids is 1. The fraction of sp³-hybridized carbons (Fsp3) is 0.632. The number of halogens is 2. The lowest BCUT2D eigenvalue weighted by molar-refractivity contribution is 0.0546. The van der Waals surface area contributed by atoms with E-state index in [0.717, 1.165) is 26.2 Å². The van der Waals surface area contributed by atoms with Crippen molar-refractivity contribution in [1.82, 2.24) is 9.34 Å². The molecule has 9 heteroatoms. The van der Waals surface area contributed by atoms with Crippen LogP contribution in [0.4, 0.5) is 0 Å². The third-order valence-corrected chi connectivity index (χ3v) is 10.1. The fourth-order valence-corrected chi connectivity index (χ4v) is 8.78. The highest BCUT2D eigenvalue weighted by Gasteiger charge is 2.46. The van der Waals surface area contributed by atoms with Gasteiger partial charge in [0.1, 0.15) is 7.36 Å². The van der Waals surface area contributed by atoms with Gasteiger partial charge in [-0.1, -0.05) is 44.0 Å². The summed E-state index contributed by atoms with van der Waals surface area (Å²) in [5.41, 5.74) is 0.424. The Balaban J connectivity index is 2.14. The summed E-state index contributed by atoms with van der Waals surface area (Å²) in [7, 11) is -2.39. The molecule has 3 rings (SSSR count). The Bertz CT molecular complexity index is 728. The molecule has 156 valence electrons. The molecule has 2 aliphatic rings. The zero-order chi connectivity index (χ0) is 20.4. The average Bonchev–Trinajstić information content (AvgIpc) is 2.65. The number of morpholine rings is 2. The summed E-state index contributed by atoms with van der Waals surface area (Å²) in [6.07, 6.45) is 0. The standard InChI is InChI=1S/C19H28Cl2N3O3P/c1-19(2,3)28(23-4-8-26-9-5-23,24-6-10-27-11-7-24)22-18(25)15-12-16(20)14-17(21)13-15/h12-14H,4-11H2,1-3H3. The van der Waals surface area contributed by atoms with Crippen LogP contribution in [-0.4, -0.2) is 73.0 Å². The van der Waals surface area contributed by atoms with E-state index in [1.807, 2.05) is 0 Å². The van der Waals surface area contributed by atoms with Crippen LogP contribution in [0.2, 0.25) is 10.0 Å². The Morgan fingerprint density at radius 1 is 0.929 bits per heavy atom. The molecule has 2 fully saturated rings. The first-order chi connectivity index (χ1) is 13.2. The van der Waals surface area contributed by atoms with Gasteiger partial charge in [-0.05, 0) is 18.2 Å². The number of rotatable bonds is 3. The quantitative estimate of drug-likeness (QED) is 0.632. The summed E-state index contributed by atoms with van der Waals surface area (Å²) in [6, 6.07) is 4.89. The molecule has 0 atom stereocenters. The van der Waals surface area contributed by atoms with E-state index in [1.165, 1.54) is 0 Å². The highest BCUT2D eigenvalue weighted by Crippen LogP contribution is 2.66.